The summed E-state index contributed by atoms with van der Waals surface area (Å²) >= 11 is 0. The minimum atomic E-state index is -3.33. The fourth-order valence-corrected chi connectivity index (χ4v) is 2.34. The van der Waals surface area contributed by atoms with Crippen LogP contribution >= 0.6 is 0 Å². The Hall–Kier alpha value is -1.60. The zero-order chi connectivity index (χ0) is 15.2. The topological polar surface area (TPSA) is 84.5 Å². The van der Waals surface area contributed by atoms with E-state index in [1.807, 2.05) is 7.05 Å². The fraction of sp³-hybridized carbons (Fsp3) is 0.462. The lowest BCUT2D eigenvalue weighted by Gasteiger charge is -2.18. The molecule has 1 atom stereocenters. The summed E-state index contributed by atoms with van der Waals surface area (Å²) in [6.07, 6.45) is 1.30. The molecule has 0 aromatic heterocycles. The van der Waals surface area contributed by atoms with Gasteiger partial charge in [0.25, 0.3) is 0 Å². The van der Waals surface area contributed by atoms with Gasteiger partial charge < -0.3 is 10.1 Å². The molecule has 1 aromatic rings. The van der Waals surface area contributed by atoms with Crippen LogP contribution in [0.2, 0.25) is 0 Å². The minimum Gasteiger partial charge on any atom is -0.458 e. The van der Waals surface area contributed by atoms with Gasteiger partial charge in [-0.05, 0) is 31.3 Å². The summed E-state index contributed by atoms with van der Waals surface area (Å²) in [4.78, 5) is 11.2. The van der Waals surface area contributed by atoms with Crippen LogP contribution in [0.15, 0.2) is 24.3 Å². The third kappa shape index (κ3) is 6.03. The number of anilines is 1. The summed E-state index contributed by atoms with van der Waals surface area (Å²) in [6.45, 7) is 2.03. The van der Waals surface area contributed by atoms with Crippen LogP contribution in [0.4, 0.5) is 5.69 Å². The van der Waals surface area contributed by atoms with Gasteiger partial charge in [-0.15, -0.1) is 0 Å². The molecule has 0 spiro atoms. The number of sulfonamides is 1. The Morgan fingerprint density at radius 2 is 2.10 bits per heavy atom. The van der Waals surface area contributed by atoms with Gasteiger partial charge in [-0.25, -0.2) is 8.42 Å². The molecule has 0 unspecified atom stereocenters. The van der Waals surface area contributed by atoms with E-state index in [2.05, 4.69) is 10.0 Å². The van der Waals surface area contributed by atoms with Crippen LogP contribution in [-0.2, 0) is 19.6 Å². The van der Waals surface area contributed by atoms with Gasteiger partial charge in [0.15, 0.2) is 0 Å². The second-order valence-electron chi connectivity index (χ2n) is 4.49. The molecule has 112 valence electrons. The van der Waals surface area contributed by atoms with E-state index >= 15 is 0 Å². The summed E-state index contributed by atoms with van der Waals surface area (Å²) in [7, 11) is -1.52. The zero-order valence-corrected chi connectivity index (χ0v) is 12.7. The van der Waals surface area contributed by atoms with E-state index in [9.17, 15) is 13.2 Å². The van der Waals surface area contributed by atoms with Crippen molar-refractivity contribution in [2.45, 2.75) is 19.4 Å². The van der Waals surface area contributed by atoms with Crippen LogP contribution in [-0.4, -0.2) is 34.2 Å². The first-order chi connectivity index (χ1) is 9.31. The number of nitrogens with one attached hydrogen (secondary N) is 2. The second kappa shape index (κ2) is 7.25. The van der Waals surface area contributed by atoms with Gasteiger partial charge in [-0.3, -0.25) is 9.52 Å². The first kappa shape index (κ1) is 16.5. The average molecular weight is 300 g/mol. The smallest absolute Gasteiger partial charge is 0.303 e. The Morgan fingerprint density at radius 1 is 1.40 bits per heavy atom. The molecular formula is C13H20N2O4S. The Morgan fingerprint density at radius 3 is 2.65 bits per heavy atom. The lowest BCUT2D eigenvalue weighted by Crippen LogP contribution is -2.16. The van der Waals surface area contributed by atoms with Crippen LogP contribution in [0.1, 0.15) is 25.0 Å². The Labute approximate surface area is 119 Å². The Kier molecular flexibility index (Phi) is 5.97. The molecule has 0 saturated heterocycles. The van der Waals surface area contributed by atoms with E-state index in [0.29, 0.717) is 18.7 Å². The molecule has 20 heavy (non-hydrogen) atoms. The third-order valence-corrected chi connectivity index (χ3v) is 3.13. The molecule has 0 aliphatic rings. The summed E-state index contributed by atoms with van der Waals surface area (Å²) < 4.78 is 30.1. The van der Waals surface area contributed by atoms with Crippen LogP contribution in [0.5, 0.6) is 0 Å². The molecule has 1 aromatic carbocycles. The molecule has 0 amide bonds. The number of ether oxygens (including phenoxy) is 1. The lowest BCUT2D eigenvalue weighted by molar-refractivity contribution is -0.147. The number of hydrogen-bond acceptors (Lipinski definition) is 5. The molecule has 0 heterocycles. The number of carbonyl (C=O) groups excluding carboxylic acids is 1. The molecule has 0 radical (unpaired) electrons. The van der Waals surface area contributed by atoms with Gasteiger partial charge in [0.1, 0.15) is 6.10 Å². The predicted octanol–water partition coefficient (Wildman–Crippen LogP) is 1.27. The Balaban J connectivity index is 2.95. The van der Waals surface area contributed by atoms with Gasteiger partial charge >= 0.3 is 5.97 Å². The van der Waals surface area contributed by atoms with Crippen LogP contribution in [0.3, 0.4) is 0 Å². The molecule has 6 nitrogen and oxygen atoms in total. The summed E-state index contributed by atoms with van der Waals surface area (Å²) in [6, 6.07) is 6.84. The highest BCUT2D eigenvalue weighted by Crippen LogP contribution is 2.24. The van der Waals surface area contributed by atoms with E-state index < -0.39 is 16.1 Å². The average Bonchev–Trinajstić information content (AvgIpc) is 2.32. The van der Waals surface area contributed by atoms with Crippen molar-refractivity contribution in [2.75, 3.05) is 24.6 Å². The molecule has 0 aliphatic carbocycles. The third-order valence-electron chi connectivity index (χ3n) is 2.53. The zero-order valence-electron chi connectivity index (χ0n) is 11.8. The number of hydrogen-bond donors (Lipinski definition) is 2. The van der Waals surface area contributed by atoms with E-state index in [1.165, 1.54) is 6.92 Å². The standard InChI is InChI=1S/C13H20N2O4S/c1-10(16)19-13(7-8-14-2)11-5-4-6-12(9-11)15-20(3,17)18/h4-6,9,13-15H,7-8H2,1-3H3/t13-/m0/s1. The monoisotopic (exact) mass is 300 g/mol. The SMILES string of the molecule is CNCC[C@H](OC(C)=O)c1cccc(NS(C)(=O)=O)c1. The van der Waals surface area contributed by atoms with Crippen molar-refractivity contribution in [1.29, 1.82) is 0 Å². The molecule has 2 N–H and O–H groups in total. The molecule has 0 bridgehead atoms. The molecular weight excluding hydrogens is 280 g/mol. The van der Waals surface area contributed by atoms with Crippen molar-refractivity contribution in [3.8, 4) is 0 Å². The highest BCUT2D eigenvalue weighted by molar-refractivity contribution is 7.92. The van der Waals surface area contributed by atoms with Crippen molar-refractivity contribution in [1.82, 2.24) is 5.32 Å². The van der Waals surface area contributed by atoms with E-state index in [0.717, 1.165) is 11.8 Å². The lowest BCUT2D eigenvalue weighted by atomic mass is 10.1. The van der Waals surface area contributed by atoms with E-state index in [-0.39, 0.29) is 5.97 Å². The predicted molar refractivity (Wildman–Crippen MR) is 78.0 cm³/mol. The molecule has 0 aliphatic heterocycles. The van der Waals surface area contributed by atoms with Gasteiger partial charge in [-0.1, -0.05) is 12.1 Å². The van der Waals surface area contributed by atoms with Gasteiger partial charge in [0.05, 0.1) is 6.26 Å². The summed E-state index contributed by atoms with van der Waals surface area (Å²) in [5, 5.41) is 2.99. The molecule has 0 fully saturated rings. The van der Waals surface area contributed by atoms with Crippen molar-refractivity contribution in [3.63, 3.8) is 0 Å². The number of rotatable bonds is 7. The Bertz CT molecular complexity index is 557. The number of esters is 1. The quantitative estimate of drug-likeness (QED) is 0.741. The second-order valence-corrected chi connectivity index (χ2v) is 6.24. The summed E-state index contributed by atoms with van der Waals surface area (Å²) in [5.74, 6) is -0.368. The largest absolute Gasteiger partial charge is 0.458 e. The van der Waals surface area contributed by atoms with Crippen LogP contribution < -0.4 is 10.0 Å². The van der Waals surface area contributed by atoms with Crippen molar-refractivity contribution in [3.05, 3.63) is 29.8 Å². The highest BCUT2D eigenvalue weighted by atomic mass is 32.2. The maximum absolute atomic E-state index is 11.2. The molecule has 0 saturated carbocycles. The van der Waals surface area contributed by atoms with Crippen molar-refractivity contribution >= 4 is 21.7 Å². The minimum absolute atomic E-state index is 0.368. The molecule has 1 rings (SSSR count). The maximum atomic E-state index is 11.2. The van der Waals surface area contributed by atoms with Crippen molar-refractivity contribution in [2.24, 2.45) is 0 Å². The fourth-order valence-electron chi connectivity index (χ4n) is 1.79. The summed E-state index contributed by atoms with van der Waals surface area (Å²) in [5.41, 5.74) is 1.20. The highest BCUT2D eigenvalue weighted by Gasteiger charge is 2.15. The molecule has 7 heteroatoms. The van der Waals surface area contributed by atoms with E-state index in [1.54, 1.807) is 24.3 Å². The normalized spacial score (nSPS) is 12.8. The first-order valence-electron chi connectivity index (χ1n) is 6.21. The van der Waals surface area contributed by atoms with Crippen LogP contribution in [0.25, 0.3) is 0 Å². The number of carbonyl (C=O) groups is 1. The van der Waals surface area contributed by atoms with E-state index in [4.69, 9.17) is 4.74 Å². The van der Waals surface area contributed by atoms with Gasteiger partial charge in [0, 0.05) is 19.0 Å². The maximum Gasteiger partial charge on any atom is 0.303 e. The van der Waals surface area contributed by atoms with Crippen molar-refractivity contribution < 1.29 is 17.9 Å². The van der Waals surface area contributed by atoms with Gasteiger partial charge in [0.2, 0.25) is 10.0 Å². The van der Waals surface area contributed by atoms with Crippen LogP contribution in [0, 0.1) is 0 Å². The van der Waals surface area contributed by atoms with Gasteiger partial charge in [-0.2, -0.15) is 0 Å². The number of benzene rings is 1. The first-order valence-corrected chi connectivity index (χ1v) is 8.10.